The summed E-state index contributed by atoms with van der Waals surface area (Å²) in [7, 11) is 1.53. The summed E-state index contributed by atoms with van der Waals surface area (Å²) in [4.78, 5) is 23.6. The third-order valence-electron chi connectivity index (χ3n) is 5.32. The van der Waals surface area contributed by atoms with Crippen molar-refractivity contribution < 1.29 is 14.3 Å². The van der Waals surface area contributed by atoms with Crippen LogP contribution in [0.25, 0.3) is 33.0 Å². The molecule has 0 fully saturated rings. The number of hydrogen-bond donors (Lipinski definition) is 1. The fourth-order valence-corrected chi connectivity index (χ4v) is 4.48. The van der Waals surface area contributed by atoms with Crippen LogP contribution in [0.15, 0.2) is 73.7 Å². The zero-order valence-corrected chi connectivity index (χ0v) is 17.2. The molecule has 0 saturated carbocycles. The van der Waals surface area contributed by atoms with Gasteiger partial charge in [0.1, 0.15) is 11.3 Å². The van der Waals surface area contributed by atoms with Crippen LogP contribution in [0.4, 0.5) is 5.69 Å². The van der Waals surface area contributed by atoms with Crippen LogP contribution in [0, 0.1) is 4.91 Å². The van der Waals surface area contributed by atoms with Gasteiger partial charge in [0.15, 0.2) is 5.69 Å². The summed E-state index contributed by atoms with van der Waals surface area (Å²) in [6.45, 7) is 0.152. The highest BCUT2D eigenvalue weighted by molar-refractivity contribution is 7.08. The molecule has 0 saturated heterocycles. The number of thiophene rings is 1. The Kier molecular flexibility index (Phi) is 4.56. The first-order valence-electron chi connectivity index (χ1n) is 9.41. The Balaban J connectivity index is 1.72. The van der Waals surface area contributed by atoms with Gasteiger partial charge in [-0.2, -0.15) is 11.3 Å². The minimum atomic E-state index is -0.514. The molecule has 2 aromatic carbocycles. The number of nitrogens with zero attached hydrogens (tertiary/aromatic N) is 2. The highest BCUT2D eigenvalue weighted by Crippen LogP contribution is 2.41. The van der Waals surface area contributed by atoms with Crippen molar-refractivity contribution in [1.29, 1.82) is 0 Å². The molecule has 0 aliphatic rings. The van der Waals surface area contributed by atoms with Crippen LogP contribution in [0.1, 0.15) is 5.56 Å². The fraction of sp³-hybridized carbons (Fsp3) is 0.0870. The SMILES string of the molecule is COc1ccc2c(Cn3c(O)c(N=O)c4ccc(-c5ccsc5)cc43)cc(=O)oc2c1. The first-order chi connectivity index (χ1) is 15.1. The van der Waals surface area contributed by atoms with E-state index in [0.29, 0.717) is 33.2 Å². The molecule has 0 amide bonds. The van der Waals surface area contributed by atoms with E-state index in [1.165, 1.54) is 13.2 Å². The van der Waals surface area contributed by atoms with Gasteiger partial charge in [0.05, 0.1) is 19.2 Å². The number of aromatic hydroxyl groups is 1. The second-order valence-corrected chi connectivity index (χ2v) is 7.83. The Morgan fingerprint density at radius 3 is 2.68 bits per heavy atom. The van der Waals surface area contributed by atoms with E-state index in [1.807, 2.05) is 29.0 Å². The molecule has 0 aliphatic heterocycles. The molecule has 1 N–H and O–H groups in total. The van der Waals surface area contributed by atoms with Crippen LogP contribution in [0.3, 0.4) is 0 Å². The highest BCUT2D eigenvalue weighted by Gasteiger charge is 2.20. The second-order valence-electron chi connectivity index (χ2n) is 7.05. The average molecular weight is 432 g/mol. The van der Waals surface area contributed by atoms with Gasteiger partial charge in [0.2, 0.25) is 5.88 Å². The van der Waals surface area contributed by atoms with Crippen LogP contribution in [0.2, 0.25) is 0 Å². The first kappa shape index (κ1) is 19.1. The molecule has 0 unspecified atom stereocenters. The first-order valence-corrected chi connectivity index (χ1v) is 10.3. The van der Waals surface area contributed by atoms with Gasteiger partial charge in [0.25, 0.3) is 0 Å². The van der Waals surface area contributed by atoms with Crippen molar-refractivity contribution in [2.75, 3.05) is 7.11 Å². The number of rotatable bonds is 5. The van der Waals surface area contributed by atoms with Gasteiger partial charge in [0, 0.05) is 22.9 Å². The summed E-state index contributed by atoms with van der Waals surface area (Å²) in [6, 6.07) is 14.2. The molecule has 3 aromatic heterocycles. The van der Waals surface area contributed by atoms with Crippen LogP contribution >= 0.6 is 11.3 Å². The van der Waals surface area contributed by atoms with Crippen LogP contribution < -0.4 is 10.4 Å². The van der Waals surface area contributed by atoms with E-state index in [1.54, 1.807) is 40.2 Å². The maximum atomic E-state index is 12.2. The van der Waals surface area contributed by atoms with E-state index in [9.17, 15) is 14.8 Å². The predicted molar refractivity (Wildman–Crippen MR) is 121 cm³/mol. The van der Waals surface area contributed by atoms with Crippen molar-refractivity contribution in [1.82, 2.24) is 4.57 Å². The van der Waals surface area contributed by atoms with Crippen molar-refractivity contribution in [2.24, 2.45) is 5.18 Å². The quantitative estimate of drug-likeness (QED) is 0.287. The third kappa shape index (κ3) is 3.17. The Morgan fingerprint density at radius 2 is 1.94 bits per heavy atom. The molecule has 8 heteroatoms. The number of fused-ring (bicyclic) bond motifs is 2. The molecule has 5 aromatic rings. The summed E-state index contributed by atoms with van der Waals surface area (Å²) in [5.74, 6) is 0.317. The Morgan fingerprint density at radius 1 is 1.10 bits per heavy atom. The Hall–Kier alpha value is -3.91. The molecule has 0 aliphatic carbocycles. The zero-order valence-electron chi connectivity index (χ0n) is 16.4. The van der Waals surface area contributed by atoms with Crippen molar-refractivity contribution in [3.63, 3.8) is 0 Å². The predicted octanol–water partition coefficient (Wildman–Crippen LogP) is 5.64. The van der Waals surface area contributed by atoms with Crippen molar-refractivity contribution in [3.8, 4) is 22.8 Å². The van der Waals surface area contributed by atoms with Crippen LogP contribution in [-0.4, -0.2) is 16.8 Å². The van der Waals surface area contributed by atoms with Crippen molar-refractivity contribution >= 4 is 38.9 Å². The van der Waals surface area contributed by atoms with Crippen LogP contribution in [0.5, 0.6) is 11.6 Å². The Bertz CT molecular complexity index is 1500. The molecule has 0 spiro atoms. The number of aromatic nitrogens is 1. The lowest BCUT2D eigenvalue weighted by molar-refractivity contribution is 0.414. The van der Waals surface area contributed by atoms with Gasteiger partial charge in [-0.05, 0) is 63.0 Å². The number of methoxy groups -OCH3 is 1. The summed E-state index contributed by atoms with van der Waals surface area (Å²) >= 11 is 1.59. The number of hydrogen-bond acceptors (Lipinski definition) is 7. The minimum absolute atomic E-state index is 0.0270. The van der Waals surface area contributed by atoms with Crippen molar-refractivity contribution in [2.45, 2.75) is 6.54 Å². The highest BCUT2D eigenvalue weighted by atomic mass is 32.1. The van der Waals surface area contributed by atoms with Gasteiger partial charge >= 0.3 is 5.63 Å². The normalized spacial score (nSPS) is 11.3. The average Bonchev–Trinajstić information content (AvgIpc) is 3.40. The summed E-state index contributed by atoms with van der Waals surface area (Å²) in [5, 5.41) is 19.1. The van der Waals surface area contributed by atoms with Gasteiger partial charge < -0.3 is 18.8 Å². The summed E-state index contributed by atoms with van der Waals surface area (Å²) in [6.07, 6.45) is 0. The standard InChI is InChI=1S/C23H16N2O5S/c1-29-16-3-5-17-15(9-21(26)30-20(17)10-16)11-25-19-8-13(14-6-7-31-12-14)2-4-18(19)22(24-28)23(25)27/h2-10,12,27H,11H2,1H3. The number of nitroso groups, excluding NO2 is 1. The fourth-order valence-electron chi connectivity index (χ4n) is 3.81. The zero-order chi connectivity index (χ0) is 21.5. The van der Waals surface area contributed by atoms with Crippen molar-refractivity contribution in [3.05, 3.63) is 80.2 Å². The van der Waals surface area contributed by atoms with E-state index in [0.717, 1.165) is 11.1 Å². The molecular weight excluding hydrogens is 416 g/mol. The second kappa shape index (κ2) is 7.41. The largest absolute Gasteiger partial charge is 0.497 e. The van der Waals surface area contributed by atoms with Crippen LogP contribution in [-0.2, 0) is 6.54 Å². The molecule has 3 heterocycles. The van der Waals surface area contributed by atoms with E-state index >= 15 is 0 Å². The van der Waals surface area contributed by atoms with Gasteiger partial charge in [-0.3, -0.25) is 0 Å². The van der Waals surface area contributed by atoms with E-state index in [-0.39, 0.29) is 18.1 Å². The lowest BCUT2D eigenvalue weighted by atomic mass is 10.1. The van der Waals surface area contributed by atoms with E-state index in [4.69, 9.17) is 9.15 Å². The third-order valence-corrected chi connectivity index (χ3v) is 6.01. The molecule has 5 rings (SSSR count). The lowest BCUT2D eigenvalue weighted by Crippen LogP contribution is -2.05. The topological polar surface area (TPSA) is 94.0 Å². The summed E-state index contributed by atoms with van der Waals surface area (Å²) in [5.41, 5.74) is 3.11. The molecule has 31 heavy (non-hydrogen) atoms. The maximum absolute atomic E-state index is 12.2. The molecular formula is C23H16N2O5S. The molecule has 7 nitrogen and oxygen atoms in total. The summed E-state index contributed by atoms with van der Waals surface area (Å²) < 4.78 is 12.1. The van der Waals surface area contributed by atoms with Gasteiger partial charge in [-0.15, -0.1) is 4.91 Å². The van der Waals surface area contributed by atoms with E-state index in [2.05, 4.69) is 5.18 Å². The molecule has 0 radical (unpaired) electrons. The van der Waals surface area contributed by atoms with E-state index < -0.39 is 5.63 Å². The Labute approximate surface area is 179 Å². The number of benzene rings is 2. The minimum Gasteiger partial charge on any atom is -0.497 e. The molecule has 154 valence electrons. The smallest absolute Gasteiger partial charge is 0.336 e. The molecule has 0 atom stereocenters. The van der Waals surface area contributed by atoms with Gasteiger partial charge in [-0.25, -0.2) is 4.79 Å². The van der Waals surface area contributed by atoms with Gasteiger partial charge in [-0.1, -0.05) is 6.07 Å². The monoisotopic (exact) mass is 432 g/mol. The lowest BCUT2D eigenvalue weighted by Gasteiger charge is -2.11. The molecule has 0 bridgehead atoms. The maximum Gasteiger partial charge on any atom is 0.336 e. The number of ether oxygens (including phenoxy) is 1.